The molecule has 5 rings (SSSR count). The second-order valence-corrected chi connectivity index (χ2v) is 13.8. The monoisotopic (exact) mass is 502 g/mol. The highest BCUT2D eigenvalue weighted by atomic mass is 16.5. The number of allylic oxidation sites excluding steroid dienone is 2. The minimum atomic E-state index is -0.308. The highest BCUT2D eigenvalue weighted by Crippen LogP contribution is 2.68. The zero-order chi connectivity index (χ0) is 26.2. The topological polar surface area (TPSA) is 26.3 Å². The van der Waals surface area contributed by atoms with Gasteiger partial charge in [-0.1, -0.05) is 58.4 Å². The number of esters is 1. The van der Waals surface area contributed by atoms with Crippen molar-refractivity contribution in [2.24, 2.45) is 46.3 Å². The van der Waals surface area contributed by atoms with Gasteiger partial charge in [0.15, 0.2) is 0 Å². The molecular formula is C35H50O2. The van der Waals surface area contributed by atoms with Gasteiger partial charge in [0.05, 0.1) is 11.8 Å². The van der Waals surface area contributed by atoms with Crippen molar-refractivity contribution in [3.05, 3.63) is 59.9 Å². The Labute approximate surface area is 226 Å². The molecule has 8 atom stereocenters. The Morgan fingerprint density at radius 2 is 1.76 bits per heavy atom. The van der Waals surface area contributed by atoms with Crippen molar-refractivity contribution in [3.8, 4) is 0 Å². The van der Waals surface area contributed by atoms with Crippen LogP contribution in [0.15, 0.2) is 54.3 Å². The van der Waals surface area contributed by atoms with Crippen molar-refractivity contribution in [1.29, 1.82) is 0 Å². The Kier molecular flexibility index (Phi) is 7.77. The molecule has 1 aromatic carbocycles. The largest absolute Gasteiger partial charge is 0.431 e. The van der Waals surface area contributed by atoms with Gasteiger partial charge < -0.3 is 4.74 Å². The summed E-state index contributed by atoms with van der Waals surface area (Å²) in [6.07, 6.45) is 18.5. The molecule has 1 unspecified atom stereocenters. The van der Waals surface area contributed by atoms with Crippen LogP contribution in [0.3, 0.4) is 0 Å². The van der Waals surface area contributed by atoms with E-state index in [1.165, 1.54) is 70.6 Å². The third kappa shape index (κ3) is 4.99. The van der Waals surface area contributed by atoms with E-state index < -0.39 is 0 Å². The van der Waals surface area contributed by atoms with Crippen molar-refractivity contribution in [2.75, 3.05) is 0 Å². The molecule has 4 saturated carbocycles. The van der Waals surface area contributed by atoms with Crippen LogP contribution in [0, 0.1) is 46.3 Å². The average molecular weight is 503 g/mol. The first-order chi connectivity index (χ1) is 17.7. The van der Waals surface area contributed by atoms with Crippen LogP contribution in [0.25, 0.3) is 0 Å². The fourth-order valence-electron chi connectivity index (χ4n) is 9.94. The van der Waals surface area contributed by atoms with Gasteiger partial charge in [-0.3, -0.25) is 0 Å². The van der Waals surface area contributed by atoms with E-state index in [2.05, 4.69) is 27.4 Å². The lowest BCUT2D eigenvalue weighted by molar-refractivity contribution is -0.114. The van der Waals surface area contributed by atoms with Crippen molar-refractivity contribution in [1.82, 2.24) is 0 Å². The zero-order valence-electron chi connectivity index (χ0n) is 23.9. The molecule has 0 radical (unpaired) electrons. The smallest absolute Gasteiger partial charge is 0.342 e. The number of carbonyl (C=O) groups is 1. The summed E-state index contributed by atoms with van der Waals surface area (Å²) in [5.74, 6) is 5.17. The molecule has 1 aromatic rings. The quantitative estimate of drug-likeness (QED) is 0.211. The summed E-state index contributed by atoms with van der Waals surface area (Å²) in [5.41, 5.74) is 3.81. The number of carbonyl (C=O) groups excluding carboxylic acids is 1. The summed E-state index contributed by atoms with van der Waals surface area (Å²) in [7, 11) is 0. The van der Waals surface area contributed by atoms with E-state index in [4.69, 9.17) is 4.74 Å². The van der Waals surface area contributed by atoms with Gasteiger partial charge in [-0.05, 0) is 141 Å². The Hall–Kier alpha value is -1.83. The molecule has 0 aliphatic heterocycles. The van der Waals surface area contributed by atoms with Gasteiger partial charge in [0.2, 0.25) is 0 Å². The molecule has 0 bridgehead atoms. The molecule has 4 fully saturated rings. The standard InChI is InChI=1S/C35H50O2/c1-24(26(3)23-37-33(36)27-11-7-6-8-12-27)14-15-25(2)30-18-19-31-29-17-16-28-13-9-10-21-34(28,4)32(29)20-22-35(30,31)5/h6-8,11-12,23,25,28-32H,1,9-10,13-22H2,2-5H3/t25-,28?,29+,30-,31+,32+,34+,35-/m1/s1. The Morgan fingerprint density at radius 1 is 1.00 bits per heavy atom. The summed E-state index contributed by atoms with van der Waals surface area (Å²) in [6, 6.07) is 9.18. The summed E-state index contributed by atoms with van der Waals surface area (Å²) in [4.78, 5) is 12.3. The molecule has 2 nitrogen and oxygen atoms in total. The van der Waals surface area contributed by atoms with E-state index in [0.29, 0.717) is 22.3 Å². The lowest BCUT2D eigenvalue weighted by Gasteiger charge is -2.61. The van der Waals surface area contributed by atoms with Crippen molar-refractivity contribution in [3.63, 3.8) is 0 Å². The van der Waals surface area contributed by atoms with Gasteiger partial charge in [-0.15, -0.1) is 0 Å². The number of benzene rings is 1. The predicted octanol–water partition coefficient (Wildman–Crippen LogP) is 9.77. The molecule has 0 aromatic heterocycles. The minimum absolute atomic E-state index is 0.308. The summed E-state index contributed by atoms with van der Waals surface area (Å²) in [6.45, 7) is 14.2. The molecule has 2 heteroatoms. The fraction of sp³-hybridized carbons (Fsp3) is 0.686. The van der Waals surface area contributed by atoms with Crippen LogP contribution >= 0.6 is 0 Å². The fourth-order valence-corrected chi connectivity index (χ4v) is 9.94. The number of fused-ring (bicyclic) bond motifs is 5. The zero-order valence-corrected chi connectivity index (χ0v) is 23.9. The highest BCUT2D eigenvalue weighted by molar-refractivity contribution is 5.89. The Bertz CT molecular complexity index is 1010. The Balaban J connectivity index is 1.17. The number of hydrogen-bond acceptors (Lipinski definition) is 2. The molecule has 4 aliphatic carbocycles. The van der Waals surface area contributed by atoms with Crippen LogP contribution in [0.4, 0.5) is 0 Å². The number of rotatable bonds is 7. The minimum Gasteiger partial charge on any atom is -0.431 e. The van der Waals surface area contributed by atoms with Crippen LogP contribution in [-0.4, -0.2) is 5.97 Å². The van der Waals surface area contributed by atoms with Crippen molar-refractivity contribution >= 4 is 5.97 Å². The number of hydrogen-bond donors (Lipinski definition) is 0. The molecule has 0 saturated heterocycles. The third-order valence-electron chi connectivity index (χ3n) is 12.2. The SMILES string of the molecule is C=C(CC[C@@H](C)[C@H]1CC[C@H]2[C@@H]3CCC4CCCC[C@]4(C)[C@H]3CC[C@]12C)C(C)=COC(=O)c1ccccc1. The van der Waals surface area contributed by atoms with E-state index >= 15 is 0 Å². The van der Waals surface area contributed by atoms with Crippen LogP contribution in [-0.2, 0) is 4.74 Å². The van der Waals surface area contributed by atoms with Crippen LogP contribution in [0.2, 0.25) is 0 Å². The van der Waals surface area contributed by atoms with Gasteiger partial charge in [0.1, 0.15) is 0 Å². The summed E-state index contributed by atoms with van der Waals surface area (Å²) in [5, 5.41) is 0. The van der Waals surface area contributed by atoms with E-state index in [1.54, 1.807) is 18.4 Å². The van der Waals surface area contributed by atoms with E-state index in [-0.39, 0.29) is 5.97 Å². The van der Waals surface area contributed by atoms with Gasteiger partial charge in [-0.25, -0.2) is 4.79 Å². The normalized spacial score (nSPS) is 38.2. The predicted molar refractivity (Wildman–Crippen MR) is 153 cm³/mol. The maximum atomic E-state index is 12.3. The maximum Gasteiger partial charge on any atom is 0.342 e. The molecule has 0 amide bonds. The molecule has 0 spiro atoms. The maximum absolute atomic E-state index is 12.3. The molecule has 0 N–H and O–H groups in total. The van der Waals surface area contributed by atoms with E-state index in [9.17, 15) is 4.79 Å². The molecule has 4 aliphatic rings. The van der Waals surface area contributed by atoms with Crippen LogP contribution in [0.5, 0.6) is 0 Å². The second kappa shape index (κ2) is 10.7. The van der Waals surface area contributed by atoms with Gasteiger partial charge in [0, 0.05) is 0 Å². The van der Waals surface area contributed by atoms with E-state index in [0.717, 1.165) is 47.2 Å². The lowest BCUT2D eigenvalue weighted by atomic mass is 9.44. The first-order valence-electron chi connectivity index (χ1n) is 15.3. The first kappa shape index (κ1) is 26.8. The second-order valence-electron chi connectivity index (χ2n) is 13.8. The highest BCUT2D eigenvalue weighted by Gasteiger charge is 2.60. The molecule has 202 valence electrons. The van der Waals surface area contributed by atoms with E-state index in [1.807, 2.05) is 25.1 Å². The average Bonchev–Trinajstić information content (AvgIpc) is 3.27. The summed E-state index contributed by atoms with van der Waals surface area (Å²) < 4.78 is 5.44. The molecular weight excluding hydrogens is 452 g/mol. The van der Waals surface area contributed by atoms with Crippen molar-refractivity contribution < 1.29 is 9.53 Å². The molecule has 0 heterocycles. The van der Waals surface area contributed by atoms with Crippen LogP contribution < -0.4 is 0 Å². The first-order valence-corrected chi connectivity index (χ1v) is 15.3. The van der Waals surface area contributed by atoms with Gasteiger partial charge >= 0.3 is 5.97 Å². The summed E-state index contributed by atoms with van der Waals surface area (Å²) >= 11 is 0. The Morgan fingerprint density at radius 3 is 2.54 bits per heavy atom. The van der Waals surface area contributed by atoms with Gasteiger partial charge in [0.25, 0.3) is 0 Å². The van der Waals surface area contributed by atoms with Crippen molar-refractivity contribution in [2.45, 2.75) is 105 Å². The molecule has 37 heavy (non-hydrogen) atoms. The van der Waals surface area contributed by atoms with Crippen LogP contribution in [0.1, 0.15) is 115 Å². The van der Waals surface area contributed by atoms with Gasteiger partial charge in [-0.2, -0.15) is 0 Å². The third-order valence-corrected chi connectivity index (χ3v) is 12.2. The lowest BCUT2D eigenvalue weighted by Crippen LogP contribution is -2.53. The number of ether oxygens (including phenoxy) is 1.